The smallest absolute Gasteiger partial charge is 0.260 e. The number of ether oxygens (including phenoxy) is 2. The normalized spacial score (nSPS) is 17.5. The minimum absolute atomic E-state index is 0.162. The van der Waals surface area contributed by atoms with Crippen LogP contribution in [0, 0.1) is 5.82 Å². The molecule has 1 heterocycles. The third-order valence-electron chi connectivity index (χ3n) is 7.67. The third kappa shape index (κ3) is 9.19. The molecule has 0 radical (unpaired) electrons. The molecule has 0 unspecified atom stereocenters. The Balaban J connectivity index is 1.52. The van der Waals surface area contributed by atoms with Gasteiger partial charge in [0.25, 0.3) is 11.8 Å². The van der Waals surface area contributed by atoms with Crippen LogP contribution in [-0.2, 0) is 16.0 Å². The maximum atomic E-state index is 13.8. The zero-order chi connectivity index (χ0) is 31.5. The molecule has 1 atom stereocenters. The Bertz CT molecular complexity index is 1410. The highest BCUT2D eigenvalue weighted by atomic mass is 35.5. The second-order valence-corrected chi connectivity index (χ2v) is 11.3. The molecular weight excluding hydrogens is 585 g/mol. The predicted octanol–water partition coefficient (Wildman–Crippen LogP) is 5.48. The molecule has 4 rings (SSSR count). The SMILES string of the molecule is CN1CCCCN(C(=O)COc2ccc(F)cc2)CCCCOc2ccc(Cl)cc2C(=O)N(C)[C@@H](Cc2ccccc2)C1=O. The molecule has 0 saturated carbocycles. The summed E-state index contributed by atoms with van der Waals surface area (Å²) in [5.41, 5.74) is 1.22. The van der Waals surface area contributed by atoms with E-state index in [1.54, 1.807) is 42.1 Å². The molecule has 0 N–H and O–H groups in total. The molecule has 1 aliphatic heterocycles. The number of hydrogen-bond donors (Lipinski definition) is 0. The second-order valence-electron chi connectivity index (χ2n) is 10.9. The minimum Gasteiger partial charge on any atom is -0.493 e. The van der Waals surface area contributed by atoms with E-state index in [1.165, 1.54) is 29.2 Å². The van der Waals surface area contributed by atoms with E-state index in [0.29, 0.717) is 74.9 Å². The van der Waals surface area contributed by atoms with Crippen molar-refractivity contribution >= 4 is 29.3 Å². The van der Waals surface area contributed by atoms with Crippen molar-refractivity contribution in [3.8, 4) is 11.5 Å². The first-order valence-electron chi connectivity index (χ1n) is 14.9. The van der Waals surface area contributed by atoms with Gasteiger partial charge in [-0.2, -0.15) is 0 Å². The van der Waals surface area contributed by atoms with Gasteiger partial charge in [0.2, 0.25) is 5.91 Å². The average molecular weight is 624 g/mol. The van der Waals surface area contributed by atoms with Crippen LogP contribution >= 0.6 is 11.6 Å². The van der Waals surface area contributed by atoms with Crippen molar-refractivity contribution in [1.29, 1.82) is 0 Å². The number of likely N-dealkylation sites (N-methyl/N-ethyl adjacent to an activating group) is 2. The molecule has 0 spiro atoms. The van der Waals surface area contributed by atoms with Crippen LogP contribution in [0.5, 0.6) is 11.5 Å². The lowest BCUT2D eigenvalue weighted by Crippen LogP contribution is -2.49. The molecular formula is C34H39ClFN3O5. The van der Waals surface area contributed by atoms with E-state index >= 15 is 0 Å². The monoisotopic (exact) mass is 623 g/mol. The molecule has 0 fully saturated rings. The first-order chi connectivity index (χ1) is 21.2. The standard InChI is InChI=1S/C34H39ClFN3O5/c1-37-18-6-7-19-39(32(40)24-44-28-15-13-27(36)14-16-28)20-8-9-21-43-31-17-12-26(35)23-29(31)33(41)38(2)30(34(37)42)22-25-10-4-3-5-11-25/h3-5,10-17,23,30H,6-9,18-22,24H2,1-2H3/t30-/m0/s1. The summed E-state index contributed by atoms with van der Waals surface area (Å²) >= 11 is 6.29. The highest BCUT2D eigenvalue weighted by molar-refractivity contribution is 6.31. The summed E-state index contributed by atoms with van der Waals surface area (Å²) in [6.07, 6.45) is 3.02. The van der Waals surface area contributed by atoms with Gasteiger partial charge in [-0.1, -0.05) is 41.9 Å². The van der Waals surface area contributed by atoms with Gasteiger partial charge >= 0.3 is 0 Å². The van der Waals surface area contributed by atoms with Crippen molar-refractivity contribution in [2.45, 2.75) is 38.1 Å². The summed E-state index contributed by atoms with van der Waals surface area (Å²) < 4.78 is 24.9. The second kappa shape index (κ2) is 16.1. The highest BCUT2D eigenvalue weighted by Gasteiger charge is 2.31. The van der Waals surface area contributed by atoms with Gasteiger partial charge in [-0.25, -0.2) is 4.39 Å². The first kappa shape index (κ1) is 32.8. The fourth-order valence-electron chi connectivity index (χ4n) is 5.09. The Morgan fingerprint density at radius 3 is 2.34 bits per heavy atom. The lowest BCUT2D eigenvalue weighted by atomic mass is 10.0. The molecule has 44 heavy (non-hydrogen) atoms. The van der Waals surface area contributed by atoms with Crippen LogP contribution in [0.15, 0.2) is 72.8 Å². The van der Waals surface area contributed by atoms with E-state index in [9.17, 15) is 18.8 Å². The van der Waals surface area contributed by atoms with Crippen LogP contribution in [0.25, 0.3) is 0 Å². The predicted molar refractivity (Wildman–Crippen MR) is 168 cm³/mol. The van der Waals surface area contributed by atoms with Crippen LogP contribution in [0.2, 0.25) is 5.02 Å². The van der Waals surface area contributed by atoms with Gasteiger partial charge in [-0.15, -0.1) is 0 Å². The van der Waals surface area contributed by atoms with Gasteiger partial charge in [0.05, 0.1) is 12.2 Å². The Labute approximate surface area is 263 Å². The number of fused-ring (bicyclic) bond motifs is 1. The maximum Gasteiger partial charge on any atom is 0.260 e. The lowest BCUT2D eigenvalue weighted by molar-refractivity contribution is -0.135. The minimum atomic E-state index is -0.751. The van der Waals surface area contributed by atoms with E-state index in [-0.39, 0.29) is 35.7 Å². The summed E-state index contributed by atoms with van der Waals surface area (Å²) in [6, 6.07) is 19.3. The molecule has 0 bridgehead atoms. The molecule has 10 heteroatoms. The maximum absolute atomic E-state index is 13.8. The molecule has 3 amide bonds. The van der Waals surface area contributed by atoms with Gasteiger partial charge in [0.1, 0.15) is 23.4 Å². The summed E-state index contributed by atoms with van der Waals surface area (Å²) in [6.45, 7) is 1.63. The number of amides is 3. The number of carbonyl (C=O) groups is 3. The molecule has 0 aromatic heterocycles. The van der Waals surface area contributed by atoms with Crippen molar-refractivity contribution < 1.29 is 28.2 Å². The Kier molecular flexibility index (Phi) is 12.0. The first-order valence-corrected chi connectivity index (χ1v) is 15.3. The van der Waals surface area contributed by atoms with Crippen LogP contribution in [0.4, 0.5) is 4.39 Å². The zero-order valence-electron chi connectivity index (χ0n) is 25.2. The Hall–Kier alpha value is -4.11. The number of halogens is 2. The summed E-state index contributed by atoms with van der Waals surface area (Å²) in [5, 5.41) is 0.389. The van der Waals surface area contributed by atoms with Gasteiger partial charge in [-0.05, 0) is 73.7 Å². The van der Waals surface area contributed by atoms with E-state index in [4.69, 9.17) is 21.1 Å². The Morgan fingerprint density at radius 1 is 0.932 bits per heavy atom. The van der Waals surface area contributed by atoms with E-state index in [2.05, 4.69) is 0 Å². The summed E-state index contributed by atoms with van der Waals surface area (Å²) in [5.74, 6) is -0.281. The number of carbonyl (C=O) groups excluding carboxylic acids is 3. The summed E-state index contributed by atoms with van der Waals surface area (Å²) in [7, 11) is 3.37. The van der Waals surface area contributed by atoms with Crippen LogP contribution < -0.4 is 9.47 Å². The van der Waals surface area contributed by atoms with Crippen LogP contribution in [0.1, 0.15) is 41.6 Å². The van der Waals surface area contributed by atoms with Gasteiger partial charge in [-0.3, -0.25) is 14.4 Å². The Morgan fingerprint density at radius 2 is 1.61 bits per heavy atom. The molecule has 0 saturated heterocycles. The third-order valence-corrected chi connectivity index (χ3v) is 7.91. The molecule has 234 valence electrons. The average Bonchev–Trinajstić information content (AvgIpc) is 3.03. The molecule has 3 aromatic rings. The zero-order valence-corrected chi connectivity index (χ0v) is 26.0. The molecule has 1 aliphatic rings. The number of rotatable bonds is 5. The van der Waals surface area contributed by atoms with Gasteiger partial charge in [0.15, 0.2) is 6.61 Å². The van der Waals surface area contributed by atoms with E-state index in [0.717, 1.165) is 5.56 Å². The van der Waals surface area contributed by atoms with Crippen LogP contribution in [0.3, 0.4) is 0 Å². The van der Waals surface area contributed by atoms with Crippen molar-refractivity contribution in [2.24, 2.45) is 0 Å². The highest BCUT2D eigenvalue weighted by Crippen LogP contribution is 2.26. The molecule has 0 aliphatic carbocycles. The number of hydrogen-bond acceptors (Lipinski definition) is 5. The van der Waals surface area contributed by atoms with Crippen molar-refractivity contribution in [2.75, 3.05) is 46.9 Å². The van der Waals surface area contributed by atoms with E-state index < -0.39 is 6.04 Å². The number of nitrogens with zero attached hydrogens (tertiary/aromatic N) is 3. The van der Waals surface area contributed by atoms with E-state index in [1.807, 2.05) is 30.3 Å². The lowest BCUT2D eigenvalue weighted by Gasteiger charge is -2.31. The largest absolute Gasteiger partial charge is 0.493 e. The summed E-state index contributed by atoms with van der Waals surface area (Å²) in [4.78, 5) is 45.6. The van der Waals surface area contributed by atoms with Crippen molar-refractivity contribution in [1.82, 2.24) is 14.7 Å². The van der Waals surface area contributed by atoms with Gasteiger partial charge in [0, 0.05) is 45.2 Å². The molecule has 3 aromatic carbocycles. The fraction of sp³-hybridized carbons (Fsp3) is 0.382. The molecule has 8 nitrogen and oxygen atoms in total. The van der Waals surface area contributed by atoms with Crippen molar-refractivity contribution in [3.05, 3.63) is 94.8 Å². The van der Waals surface area contributed by atoms with Gasteiger partial charge < -0.3 is 24.2 Å². The van der Waals surface area contributed by atoms with Crippen LogP contribution in [-0.4, -0.2) is 85.4 Å². The van der Waals surface area contributed by atoms with Crippen molar-refractivity contribution in [3.63, 3.8) is 0 Å². The fourth-order valence-corrected chi connectivity index (χ4v) is 5.26. The topological polar surface area (TPSA) is 79.4 Å². The number of benzene rings is 3. The quantitative estimate of drug-likeness (QED) is 0.376.